The van der Waals surface area contributed by atoms with Crippen molar-refractivity contribution in [3.05, 3.63) is 72.9 Å². The zero-order chi connectivity index (χ0) is 48.4. The van der Waals surface area contributed by atoms with Gasteiger partial charge < -0.3 is 39.9 Å². The first-order valence-electron chi connectivity index (χ1n) is 25.8. The maximum Gasteiger partial charge on any atom is 0.472 e. The number of phosphoric ester groups is 1. The molecular formula is C53H93O12P. The Bertz CT molecular complexity index is 1360. The lowest BCUT2D eigenvalue weighted by Gasteiger charge is -2.41. The van der Waals surface area contributed by atoms with Crippen LogP contribution in [0, 0.1) is 0 Å². The summed E-state index contributed by atoms with van der Waals surface area (Å²) in [6.45, 7) is 4.11. The maximum atomic E-state index is 12.9. The molecule has 0 heterocycles. The van der Waals surface area contributed by atoms with Gasteiger partial charge in [-0.25, -0.2) is 4.57 Å². The molecule has 66 heavy (non-hydrogen) atoms. The Hall–Kier alpha value is -2.22. The molecule has 0 saturated heterocycles. The van der Waals surface area contributed by atoms with E-state index in [-0.39, 0.29) is 13.0 Å². The van der Waals surface area contributed by atoms with Gasteiger partial charge in [-0.2, -0.15) is 0 Å². The monoisotopic (exact) mass is 953 g/mol. The predicted octanol–water partition coefficient (Wildman–Crippen LogP) is 11.5. The van der Waals surface area contributed by atoms with Gasteiger partial charge in [0.2, 0.25) is 0 Å². The van der Waals surface area contributed by atoms with E-state index in [2.05, 4.69) is 86.8 Å². The fourth-order valence-corrected chi connectivity index (χ4v) is 8.47. The van der Waals surface area contributed by atoms with E-state index in [4.69, 9.17) is 18.5 Å². The van der Waals surface area contributed by atoms with Crippen molar-refractivity contribution < 1.29 is 58.3 Å². The van der Waals surface area contributed by atoms with Crippen LogP contribution < -0.4 is 0 Å². The molecule has 6 unspecified atom stereocenters. The molecule has 1 aliphatic rings. The van der Waals surface area contributed by atoms with Gasteiger partial charge in [0.05, 0.1) is 13.2 Å². The van der Waals surface area contributed by atoms with Crippen LogP contribution in [0.5, 0.6) is 0 Å². The summed E-state index contributed by atoms with van der Waals surface area (Å²) in [5, 5.41) is 50.3. The minimum atomic E-state index is -5.03. The number of allylic oxidation sites excluding steroid dienone is 12. The molecule has 13 heteroatoms. The second-order valence-corrected chi connectivity index (χ2v) is 19.0. The molecule has 0 bridgehead atoms. The third-order valence-electron chi connectivity index (χ3n) is 11.6. The fourth-order valence-electron chi connectivity index (χ4n) is 7.49. The Morgan fingerprint density at radius 1 is 0.500 bits per heavy atom. The molecule has 0 spiro atoms. The number of phosphoric acid groups is 1. The highest BCUT2D eigenvalue weighted by Gasteiger charge is 2.51. The van der Waals surface area contributed by atoms with E-state index in [1.807, 2.05) is 0 Å². The fraction of sp³-hybridized carbons (Fsp3) is 0.755. The lowest BCUT2D eigenvalue weighted by atomic mass is 9.85. The Labute approximate surface area is 400 Å². The molecule has 0 aromatic carbocycles. The van der Waals surface area contributed by atoms with Crippen molar-refractivity contribution in [1.29, 1.82) is 0 Å². The van der Waals surface area contributed by atoms with Crippen LogP contribution in [-0.4, -0.2) is 98.9 Å². The summed E-state index contributed by atoms with van der Waals surface area (Å²) in [7, 11) is -5.03. The number of rotatable bonds is 43. The van der Waals surface area contributed by atoms with E-state index >= 15 is 0 Å². The van der Waals surface area contributed by atoms with Crippen LogP contribution in [0.2, 0.25) is 0 Å². The van der Waals surface area contributed by atoms with Gasteiger partial charge in [-0.15, -0.1) is 0 Å². The highest BCUT2D eigenvalue weighted by Crippen LogP contribution is 2.47. The first-order valence-corrected chi connectivity index (χ1v) is 27.3. The van der Waals surface area contributed by atoms with Crippen LogP contribution in [0.3, 0.4) is 0 Å². The van der Waals surface area contributed by atoms with Crippen molar-refractivity contribution in [2.24, 2.45) is 0 Å². The Morgan fingerprint density at radius 3 is 1.36 bits per heavy atom. The zero-order valence-corrected chi connectivity index (χ0v) is 41.9. The zero-order valence-electron chi connectivity index (χ0n) is 41.0. The third-order valence-corrected chi connectivity index (χ3v) is 12.5. The molecule has 12 nitrogen and oxygen atoms in total. The Morgan fingerprint density at radius 2 is 0.894 bits per heavy atom. The molecule has 0 aliphatic heterocycles. The van der Waals surface area contributed by atoms with Crippen molar-refractivity contribution in [3.63, 3.8) is 0 Å². The van der Waals surface area contributed by atoms with Crippen LogP contribution in [0.25, 0.3) is 0 Å². The summed E-state index contributed by atoms with van der Waals surface area (Å²) in [6.07, 6.45) is 43.9. The van der Waals surface area contributed by atoms with E-state index in [0.717, 1.165) is 89.9 Å². The molecule has 1 fully saturated rings. The number of hydrogen-bond acceptors (Lipinski definition) is 11. The quantitative estimate of drug-likeness (QED) is 0.0147. The third kappa shape index (κ3) is 34.1. The standard InChI is InChI=1S/C53H93O12P/c1-3-5-7-9-11-13-15-17-19-21-22-23-24-25-27-29-31-33-35-37-39-41-43-62-44-46(45-63-66(60,61)65-53-51(58)49(56)48(55)50(57)52(53)59)64-47(54)42-40-38-36-34-32-30-28-26-20-18-16-14-12-10-8-6-4-2/h6,8,12,14-15,17-18,20-22,28,30,46,48-53,55-59H,3-5,7,9-11,13,16,19,23-27,29,31-45H2,1-2H3,(H,60,61)/b8-6-,14-12-,17-15-,20-18-,22-21-,30-28-. The maximum absolute atomic E-state index is 12.9. The van der Waals surface area contributed by atoms with Gasteiger partial charge in [0, 0.05) is 13.0 Å². The molecule has 6 atom stereocenters. The largest absolute Gasteiger partial charge is 0.472 e. The second-order valence-electron chi connectivity index (χ2n) is 17.6. The Kier molecular flexibility index (Phi) is 40.1. The van der Waals surface area contributed by atoms with E-state index < -0.39 is 63.1 Å². The van der Waals surface area contributed by atoms with Gasteiger partial charge in [0.25, 0.3) is 0 Å². The first kappa shape index (κ1) is 61.8. The molecule has 1 saturated carbocycles. The van der Waals surface area contributed by atoms with Crippen LogP contribution in [0.15, 0.2) is 72.9 Å². The summed E-state index contributed by atoms with van der Waals surface area (Å²) >= 11 is 0. The van der Waals surface area contributed by atoms with Crippen LogP contribution in [-0.2, 0) is 27.9 Å². The van der Waals surface area contributed by atoms with Crippen molar-refractivity contribution in [2.75, 3.05) is 19.8 Å². The topological polar surface area (TPSA) is 192 Å². The van der Waals surface area contributed by atoms with Gasteiger partial charge >= 0.3 is 13.8 Å². The number of ether oxygens (including phenoxy) is 2. The van der Waals surface area contributed by atoms with Crippen LogP contribution in [0.4, 0.5) is 0 Å². The van der Waals surface area contributed by atoms with Gasteiger partial charge in [0.15, 0.2) is 0 Å². The molecule has 382 valence electrons. The Balaban J connectivity index is 2.36. The van der Waals surface area contributed by atoms with E-state index in [1.165, 1.54) is 77.0 Å². The highest BCUT2D eigenvalue weighted by molar-refractivity contribution is 7.47. The molecule has 6 N–H and O–H groups in total. The van der Waals surface area contributed by atoms with Crippen molar-refractivity contribution in [1.82, 2.24) is 0 Å². The number of esters is 1. The number of aliphatic hydroxyl groups is 5. The summed E-state index contributed by atoms with van der Waals surface area (Å²) < 4.78 is 34.3. The number of aliphatic hydroxyl groups excluding tert-OH is 5. The lowest BCUT2D eigenvalue weighted by molar-refractivity contribution is -0.220. The van der Waals surface area contributed by atoms with Gasteiger partial charge in [-0.05, 0) is 83.5 Å². The number of carbonyl (C=O) groups excluding carboxylic acids is 1. The van der Waals surface area contributed by atoms with Gasteiger partial charge in [-0.3, -0.25) is 13.8 Å². The average Bonchev–Trinajstić information content (AvgIpc) is 3.30. The number of hydrogen-bond donors (Lipinski definition) is 6. The molecule has 1 rings (SSSR count). The predicted molar refractivity (Wildman–Crippen MR) is 267 cm³/mol. The van der Waals surface area contributed by atoms with Crippen molar-refractivity contribution >= 4 is 13.8 Å². The van der Waals surface area contributed by atoms with Crippen LogP contribution >= 0.6 is 7.82 Å². The van der Waals surface area contributed by atoms with E-state index in [1.54, 1.807) is 0 Å². The highest BCUT2D eigenvalue weighted by atomic mass is 31.2. The summed E-state index contributed by atoms with van der Waals surface area (Å²) in [6, 6.07) is 0. The van der Waals surface area contributed by atoms with E-state index in [9.17, 15) is 39.8 Å². The molecule has 0 aromatic rings. The van der Waals surface area contributed by atoms with Gasteiger partial charge in [-0.1, -0.05) is 177 Å². The average molecular weight is 953 g/mol. The minimum absolute atomic E-state index is 0.0923. The number of carbonyl (C=O) groups is 1. The molecule has 0 amide bonds. The molecule has 0 aromatic heterocycles. The molecule has 1 aliphatic carbocycles. The first-order chi connectivity index (χ1) is 32.0. The lowest BCUT2D eigenvalue weighted by Crippen LogP contribution is -2.64. The second kappa shape index (κ2) is 42.8. The minimum Gasteiger partial charge on any atom is -0.457 e. The van der Waals surface area contributed by atoms with Crippen LogP contribution in [0.1, 0.15) is 194 Å². The van der Waals surface area contributed by atoms with Crippen molar-refractivity contribution in [2.45, 2.75) is 236 Å². The number of unbranched alkanes of at least 4 members (excludes halogenated alkanes) is 19. The molecule has 0 radical (unpaired) electrons. The SMILES string of the molecule is CC/C=C\C/C=C\C/C=C\C/C=C\CCCCCCC(=O)OC(COCCCCCCCCCCCC/C=C\C/C=C\CCCCCCC)COP(=O)(O)OC1C(O)C(O)C(O)C(O)C1O. The summed E-state index contributed by atoms with van der Waals surface area (Å²) in [4.78, 5) is 23.2. The smallest absolute Gasteiger partial charge is 0.457 e. The summed E-state index contributed by atoms with van der Waals surface area (Å²) in [5.74, 6) is -0.503. The van der Waals surface area contributed by atoms with Crippen molar-refractivity contribution in [3.8, 4) is 0 Å². The molecular weight excluding hydrogens is 860 g/mol. The van der Waals surface area contributed by atoms with E-state index in [0.29, 0.717) is 13.0 Å². The van der Waals surface area contributed by atoms with Gasteiger partial charge in [0.1, 0.15) is 42.7 Å². The summed E-state index contributed by atoms with van der Waals surface area (Å²) in [5.41, 5.74) is 0. The normalized spacial score (nSPS) is 22.0.